The summed E-state index contributed by atoms with van der Waals surface area (Å²) in [5.74, 6) is 0. The van der Waals surface area contributed by atoms with Crippen LogP contribution in [0.15, 0.2) is 98.1 Å². The molecule has 4 N–H and O–H groups in total. The quantitative estimate of drug-likeness (QED) is 0.352. The van der Waals surface area contributed by atoms with Crippen LogP contribution in [0.1, 0.15) is 0 Å². The van der Waals surface area contributed by atoms with Crippen molar-refractivity contribution in [1.29, 1.82) is 0 Å². The van der Waals surface area contributed by atoms with E-state index in [1.54, 1.807) is 0 Å². The molecule has 0 amide bonds. The van der Waals surface area contributed by atoms with Crippen molar-refractivity contribution in [2.45, 2.75) is 0 Å². The van der Waals surface area contributed by atoms with Gasteiger partial charge in [-0.25, -0.2) is 0 Å². The van der Waals surface area contributed by atoms with Crippen LogP contribution >= 0.6 is 0 Å². The van der Waals surface area contributed by atoms with Crippen LogP contribution in [0.2, 0.25) is 0 Å². The molecule has 114 valence electrons. The molecule has 4 nitrogen and oxygen atoms in total. The normalized spacial score (nSPS) is 7.62. The third-order valence-corrected chi connectivity index (χ3v) is 1.98. The first-order valence-electron chi connectivity index (χ1n) is 6.31. The number of hydrogen-bond acceptors (Lipinski definition) is 0. The largest absolute Gasteiger partial charge is 0.368 e. The van der Waals surface area contributed by atoms with E-state index >= 15 is 0 Å². The van der Waals surface area contributed by atoms with Gasteiger partial charge in [-0.3, -0.25) is 0 Å². The molecule has 0 saturated heterocycles. The zero-order chi connectivity index (χ0) is 14.1. The van der Waals surface area contributed by atoms with Crippen molar-refractivity contribution in [3.8, 4) is 0 Å². The molecule has 0 bridgehead atoms. The molecule has 0 aliphatic heterocycles. The number of nitrogens with one attached hydrogen (secondary N) is 4. The Balaban J connectivity index is 0.000000250. The van der Waals surface area contributed by atoms with Gasteiger partial charge in [0.05, 0.1) is 0 Å². The van der Waals surface area contributed by atoms with Gasteiger partial charge < -0.3 is 19.9 Å². The number of H-pyrrole nitrogens is 4. The van der Waals surface area contributed by atoms with Crippen LogP contribution in [-0.2, 0) is 16.5 Å². The zero-order valence-corrected chi connectivity index (χ0v) is 12.5. The first-order chi connectivity index (χ1) is 10.0. The van der Waals surface area contributed by atoms with Gasteiger partial charge >= 0.3 is 0 Å². The van der Waals surface area contributed by atoms with E-state index in [9.17, 15) is 0 Å². The van der Waals surface area contributed by atoms with E-state index < -0.39 is 0 Å². The predicted molar refractivity (Wildman–Crippen MR) is 83.2 cm³/mol. The van der Waals surface area contributed by atoms with Gasteiger partial charge in [0.25, 0.3) is 0 Å². The van der Waals surface area contributed by atoms with Crippen LogP contribution in [0, 0.1) is 0 Å². The summed E-state index contributed by atoms with van der Waals surface area (Å²) in [5.41, 5.74) is 0. The van der Waals surface area contributed by atoms with Crippen molar-refractivity contribution in [3.63, 3.8) is 0 Å². The second kappa shape index (κ2) is 15.7. The number of rotatable bonds is 0. The molecule has 0 saturated carbocycles. The molecule has 4 aromatic rings. The maximum absolute atomic E-state index is 2.86. The average Bonchev–Trinajstić information content (AvgIpc) is 3.40. The summed E-state index contributed by atoms with van der Waals surface area (Å²) in [4.78, 5) is 11.4. The molecule has 0 aliphatic carbocycles. The SMILES string of the molecule is [Ni].c1cc[nH]c1.c1cc[nH]c1.c1cc[nH]c1.c1cc[nH]c1. The zero-order valence-electron chi connectivity index (χ0n) is 11.6. The molecule has 0 spiro atoms. The molecular formula is C16H20N4Ni. The standard InChI is InChI=1S/4C4H5N.Ni/c4*1-2-4-5-3-1;/h4*1-5H;. The van der Waals surface area contributed by atoms with Gasteiger partial charge in [0, 0.05) is 66.1 Å². The maximum atomic E-state index is 2.86. The van der Waals surface area contributed by atoms with Crippen molar-refractivity contribution in [1.82, 2.24) is 19.9 Å². The van der Waals surface area contributed by atoms with E-state index in [4.69, 9.17) is 0 Å². The molecule has 0 fully saturated rings. The van der Waals surface area contributed by atoms with Crippen LogP contribution in [0.4, 0.5) is 0 Å². The summed E-state index contributed by atoms with van der Waals surface area (Å²) < 4.78 is 0. The van der Waals surface area contributed by atoms with Gasteiger partial charge in [0.1, 0.15) is 0 Å². The molecule has 0 atom stereocenters. The Morgan fingerprint density at radius 3 is 0.476 bits per heavy atom. The fraction of sp³-hybridized carbons (Fsp3) is 0. The topological polar surface area (TPSA) is 63.2 Å². The van der Waals surface area contributed by atoms with Crippen LogP contribution in [0.25, 0.3) is 0 Å². The van der Waals surface area contributed by atoms with Crippen LogP contribution < -0.4 is 0 Å². The monoisotopic (exact) mass is 326 g/mol. The van der Waals surface area contributed by atoms with Crippen LogP contribution in [-0.4, -0.2) is 19.9 Å². The third-order valence-electron chi connectivity index (χ3n) is 1.98. The Bertz CT molecular complexity index is 351. The summed E-state index contributed by atoms with van der Waals surface area (Å²) in [5, 5.41) is 0. The molecule has 4 rings (SSSR count). The minimum Gasteiger partial charge on any atom is -0.368 e. The summed E-state index contributed by atoms with van der Waals surface area (Å²) in [6.07, 6.45) is 15.0. The smallest absolute Gasteiger partial charge is 0.000496 e. The van der Waals surface area contributed by atoms with Crippen molar-refractivity contribution >= 4 is 0 Å². The number of aromatic amines is 4. The second-order valence-corrected chi connectivity index (χ2v) is 3.54. The van der Waals surface area contributed by atoms with Gasteiger partial charge in [-0.2, -0.15) is 0 Å². The van der Waals surface area contributed by atoms with E-state index in [2.05, 4.69) is 19.9 Å². The third kappa shape index (κ3) is 13.8. The molecule has 4 aromatic heterocycles. The molecule has 0 aliphatic rings. The molecule has 0 unspecified atom stereocenters. The van der Waals surface area contributed by atoms with E-state index in [1.165, 1.54) is 0 Å². The summed E-state index contributed by atoms with van der Waals surface area (Å²) >= 11 is 0. The fourth-order valence-electron chi connectivity index (χ4n) is 1.11. The number of aromatic nitrogens is 4. The van der Waals surface area contributed by atoms with Crippen molar-refractivity contribution in [2.24, 2.45) is 0 Å². The molecular weight excluding hydrogens is 307 g/mol. The van der Waals surface area contributed by atoms with E-state index in [-0.39, 0.29) is 16.5 Å². The van der Waals surface area contributed by atoms with Gasteiger partial charge in [-0.1, -0.05) is 0 Å². The van der Waals surface area contributed by atoms with Crippen molar-refractivity contribution in [3.05, 3.63) is 98.1 Å². The van der Waals surface area contributed by atoms with E-state index in [0.29, 0.717) is 0 Å². The summed E-state index contributed by atoms with van der Waals surface area (Å²) in [6.45, 7) is 0. The van der Waals surface area contributed by atoms with E-state index in [0.717, 1.165) is 0 Å². The number of hydrogen-bond donors (Lipinski definition) is 4. The Kier molecular flexibility index (Phi) is 13.9. The van der Waals surface area contributed by atoms with Crippen molar-refractivity contribution < 1.29 is 16.5 Å². The Morgan fingerprint density at radius 2 is 0.429 bits per heavy atom. The second-order valence-electron chi connectivity index (χ2n) is 3.54. The van der Waals surface area contributed by atoms with Crippen molar-refractivity contribution in [2.75, 3.05) is 0 Å². The van der Waals surface area contributed by atoms with Crippen LogP contribution in [0.5, 0.6) is 0 Å². The minimum atomic E-state index is 0. The predicted octanol–water partition coefficient (Wildman–Crippen LogP) is 4.06. The molecule has 4 heterocycles. The summed E-state index contributed by atoms with van der Waals surface area (Å²) in [6, 6.07) is 15.6. The van der Waals surface area contributed by atoms with Gasteiger partial charge in [0.2, 0.25) is 0 Å². The van der Waals surface area contributed by atoms with Gasteiger partial charge in [-0.15, -0.1) is 0 Å². The first kappa shape index (κ1) is 18.6. The first-order valence-corrected chi connectivity index (χ1v) is 6.31. The molecule has 21 heavy (non-hydrogen) atoms. The minimum absolute atomic E-state index is 0. The molecule has 5 heteroatoms. The Labute approximate surface area is 135 Å². The van der Waals surface area contributed by atoms with E-state index in [1.807, 2.05) is 98.1 Å². The Hall–Kier alpha value is -2.39. The molecule has 0 radical (unpaired) electrons. The van der Waals surface area contributed by atoms with Gasteiger partial charge in [-0.05, 0) is 48.5 Å². The maximum Gasteiger partial charge on any atom is 0.000496 e. The van der Waals surface area contributed by atoms with Crippen LogP contribution in [0.3, 0.4) is 0 Å². The molecule has 0 aromatic carbocycles. The fourth-order valence-corrected chi connectivity index (χ4v) is 1.11. The average molecular weight is 327 g/mol. The summed E-state index contributed by atoms with van der Waals surface area (Å²) in [7, 11) is 0. The van der Waals surface area contributed by atoms with Gasteiger partial charge in [0.15, 0.2) is 0 Å². The Morgan fingerprint density at radius 1 is 0.286 bits per heavy atom.